The van der Waals surface area contributed by atoms with Crippen LogP contribution in [0.5, 0.6) is 5.75 Å². The molecule has 0 amide bonds. The zero-order chi connectivity index (χ0) is 52.1. The minimum absolute atomic E-state index is 0.0514. The molecule has 0 fully saturated rings. The van der Waals surface area contributed by atoms with Crippen molar-refractivity contribution in [2.45, 2.75) is 124 Å². The summed E-state index contributed by atoms with van der Waals surface area (Å²) >= 11 is 0. The van der Waals surface area contributed by atoms with E-state index in [1.165, 1.54) is 5.56 Å². The number of para-hydroxylation sites is 1. The average molecular weight is 864 g/mol. The number of hydrogen-bond donors (Lipinski definition) is 1. The van der Waals surface area contributed by atoms with Crippen LogP contribution in [0, 0.1) is 0 Å². The SMILES string of the molecule is [2H]c1c([2H])c([2H])c(-c2ccnc(-c3cc(-c4cccc5c4nc(-c4cc(C(C)(C)C)cc(C(C)(C)C)c4O)n5-c4ccc(C([2H])(C)C)cc4-c4ccc(C(C)(C)C)cc4)cc(C(C)(C)C)c3)c2)c([2H])c1[2H]. The number of nitrogens with zero attached hydrogens (tertiary/aromatic N) is 3. The molecule has 0 radical (unpaired) electrons. The molecule has 6 aromatic carbocycles. The third kappa shape index (κ3) is 9.06. The van der Waals surface area contributed by atoms with Crippen molar-refractivity contribution in [1.29, 1.82) is 0 Å². The number of benzene rings is 6. The summed E-state index contributed by atoms with van der Waals surface area (Å²) in [6, 6.07) is 33.5. The topological polar surface area (TPSA) is 50.9 Å². The summed E-state index contributed by atoms with van der Waals surface area (Å²) in [5.41, 5.74) is 12.6. The minimum Gasteiger partial charge on any atom is -0.507 e. The first-order valence-electron chi connectivity index (χ1n) is 25.7. The van der Waals surface area contributed by atoms with Gasteiger partial charge < -0.3 is 5.11 Å². The first-order chi connectivity index (χ1) is 32.9. The van der Waals surface area contributed by atoms with Crippen molar-refractivity contribution in [3.63, 3.8) is 0 Å². The molecule has 4 heteroatoms. The lowest BCUT2D eigenvalue weighted by molar-refractivity contribution is 0.446. The van der Waals surface area contributed by atoms with Crippen LogP contribution in [-0.4, -0.2) is 19.6 Å². The van der Waals surface area contributed by atoms with Crippen LogP contribution in [0.2, 0.25) is 0 Å². The lowest BCUT2D eigenvalue weighted by Gasteiger charge is -2.27. The van der Waals surface area contributed by atoms with Crippen molar-refractivity contribution in [2.75, 3.05) is 0 Å². The lowest BCUT2D eigenvalue weighted by Crippen LogP contribution is -2.17. The predicted molar refractivity (Wildman–Crippen MR) is 277 cm³/mol. The Bertz CT molecular complexity index is 3360. The van der Waals surface area contributed by atoms with Crippen LogP contribution < -0.4 is 0 Å². The zero-order valence-corrected chi connectivity index (χ0v) is 40.7. The Morgan fingerprint density at radius 2 is 1.20 bits per heavy atom. The highest BCUT2D eigenvalue weighted by atomic mass is 16.3. The summed E-state index contributed by atoms with van der Waals surface area (Å²) in [6.45, 7) is 29.8. The highest BCUT2D eigenvalue weighted by Crippen LogP contribution is 2.46. The molecule has 0 saturated heterocycles. The summed E-state index contributed by atoms with van der Waals surface area (Å²) in [5.74, 6) is -0.135. The first kappa shape index (κ1) is 38.1. The highest BCUT2D eigenvalue weighted by molar-refractivity contribution is 5.98. The van der Waals surface area contributed by atoms with E-state index in [9.17, 15) is 5.11 Å². The number of aromatic hydroxyl groups is 1. The van der Waals surface area contributed by atoms with Gasteiger partial charge in [0, 0.05) is 29.8 Å². The number of fused-ring (bicyclic) bond motifs is 1. The fourth-order valence-corrected chi connectivity index (χ4v) is 8.49. The zero-order valence-electron chi connectivity index (χ0n) is 46.7. The van der Waals surface area contributed by atoms with Gasteiger partial charge in [-0.1, -0.05) is 182 Å². The molecular formula is C61H67N3O. The molecule has 8 aromatic rings. The van der Waals surface area contributed by atoms with E-state index in [1.807, 2.05) is 26.0 Å². The molecular weight excluding hydrogens is 791 g/mol. The third-order valence-electron chi connectivity index (χ3n) is 12.5. The van der Waals surface area contributed by atoms with Gasteiger partial charge in [0.1, 0.15) is 11.6 Å². The van der Waals surface area contributed by atoms with Gasteiger partial charge in [-0.2, -0.15) is 0 Å². The van der Waals surface area contributed by atoms with Crippen LogP contribution in [0.15, 0.2) is 140 Å². The van der Waals surface area contributed by atoms with E-state index in [2.05, 4.69) is 167 Å². The van der Waals surface area contributed by atoms with E-state index in [1.54, 1.807) is 18.3 Å². The van der Waals surface area contributed by atoms with E-state index in [0.717, 1.165) is 66.8 Å². The van der Waals surface area contributed by atoms with E-state index in [0.29, 0.717) is 22.6 Å². The monoisotopic (exact) mass is 864 g/mol. The number of rotatable bonds is 7. The van der Waals surface area contributed by atoms with Gasteiger partial charge in [0.15, 0.2) is 0 Å². The number of hydrogen-bond acceptors (Lipinski definition) is 3. The van der Waals surface area contributed by atoms with Crippen molar-refractivity contribution < 1.29 is 13.3 Å². The Kier molecular flexibility index (Phi) is 9.73. The molecule has 65 heavy (non-hydrogen) atoms. The maximum Gasteiger partial charge on any atom is 0.149 e. The molecule has 0 aliphatic carbocycles. The second kappa shape index (κ2) is 16.6. The molecule has 4 nitrogen and oxygen atoms in total. The molecule has 0 bridgehead atoms. The maximum absolute atomic E-state index is 12.6. The van der Waals surface area contributed by atoms with Gasteiger partial charge >= 0.3 is 0 Å². The van der Waals surface area contributed by atoms with Crippen molar-refractivity contribution in [3.05, 3.63) is 167 Å². The van der Waals surface area contributed by atoms with E-state index >= 15 is 0 Å². The molecule has 2 heterocycles. The Morgan fingerprint density at radius 1 is 0.554 bits per heavy atom. The minimum atomic E-state index is -0.884. The van der Waals surface area contributed by atoms with Crippen LogP contribution in [-0.2, 0) is 21.7 Å². The Morgan fingerprint density at radius 3 is 1.83 bits per heavy atom. The Labute approximate surface area is 396 Å². The van der Waals surface area contributed by atoms with Crippen molar-refractivity contribution in [1.82, 2.24) is 14.5 Å². The predicted octanol–water partition coefficient (Wildman–Crippen LogP) is 16.8. The number of phenolic OH excluding ortho intramolecular Hbond substituents is 1. The summed E-state index contributed by atoms with van der Waals surface area (Å²) in [5, 5.41) is 12.6. The van der Waals surface area contributed by atoms with Crippen LogP contribution in [0.3, 0.4) is 0 Å². The molecule has 0 aliphatic rings. The quantitative estimate of drug-likeness (QED) is 0.174. The molecule has 0 saturated carbocycles. The maximum atomic E-state index is 12.6. The second-order valence-corrected chi connectivity index (χ2v) is 21.9. The summed E-state index contributed by atoms with van der Waals surface area (Å²) < 4.78 is 53.7. The number of imidazole rings is 1. The molecule has 1 N–H and O–H groups in total. The summed E-state index contributed by atoms with van der Waals surface area (Å²) in [7, 11) is 0. The van der Waals surface area contributed by atoms with Gasteiger partial charge in [0.2, 0.25) is 0 Å². The molecule has 332 valence electrons. The van der Waals surface area contributed by atoms with Crippen molar-refractivity contribution in [3.8, 4) is 67.5 Å². The smallest absolute Gasteiger partial charge is 0.149 e. The summed E-state index contributed by atoms with van der Waals surface area (Å²) in [4.78, 5) is 10.5. The van der Waals surface area contributed by atoms with Gasteiger partial charge in [-0.25, -0.2) is 4.98 Å². The standard InChI is InChI=1S/C61H67N3O/c1-38(2)41-25-28-53(49(34-41)40-23-26-45(27-24-40)58(3,4)5)64-54-22-18-21-48(55(54)63-57(64)50-36-47(60(9,10)11)37-51(56(50)65)61(12,13)14)43-31-44(33-46(32-43)59(6,7)8)52-35-42(29-30-62-52)39-19-16-15-17-20-39/h15-38,65H,1-14H3/i15D,16D,17D,19D,20D,38D. The van der Waals surface area contributed by atoms with E-state index in [-0.39, 0.29) is 39.6 Å². The second-order valence-electron chi connectivity index (χ2n) is 21.9. The molecule has 0 spiro atoms. The molecule has 8 rings (SSSR count). The first-order valence-corrected chi connectivity index (χ1v) is 22.7. The average Bonchev–Trinajstić information content (AvgIpc) is 3.68. The van der Waals surface area contributed by atoms with Crippen LogP contribution >= 0.6 is 0 Å². The van der Waals surface area contributed by atoms with Crippen LogP contribution in [0.1, 0.15) is 139 Å². The lowest BCUT2D eigenvalue weighted by atomic mass is 9.79. The van der Waals surface area contributed by atoms with Gasteiger partial charge in [-0.3, -0.25) is 9.55 Å². The largest absolute Gasteiger partial charge is 0.507 e. The van der Waals surface area contributed by atoms with Crippen LogP contribution in [0.25, 0.3) is 72.7 Å². The molecule has 0 unspecified atom stereocenters. The highest BCUT2D eigenvalue weighted by Gasteiger charge is 2.30. The Hall–Kier alpha value is -6.26. The van der Waals surface area contributed by atoms with Crippen molar-refractivity contribution in [2.24, 2.45) is 0 Å². The molecule has 0 atom stereocenters. The van der Waals surface area contributed by atoms with Crippen molar-refractivity contribution >= 4 is 11.0 Å². The fraction of sp³-hybridized carbons (Fsp3) is 0.311. The normalized spacial score (nSPS) is 14.1. The summed E-state index contributed by atoms with van der Waals surface area (Å²) in [6.07, 6.45) is 1.62. The Balaban J connectivity index is 1.46. The fourth-order valence-electron chi connectivity index (χ4n) is 8.49. The van der Waals surface area contributed by atoms with Gasteiger partial charge in [-0.05, 0) is 121 Å². The van der Waals surface area contributed by atoms with Gasteiger partial charge in [0.25, 0.3) is 0 Å². The third-order valence-corrected chi connectivity index (χ3v) is 12.5. The van der Waals surface area contributed by atoms with Gasteiger partial charge in [0.05, 0.1) is 34.8 Å². The number of phenols is 1. The van der Waals surface area contributed by atoms with E-state index in [4.69, 9.17) is 18.2 Å². The molecule has 2 aromatic heterocycles. The van der Waals surface area contributed by atoms with Gasteiger partial charge in [-0.15, -0.1) is 0 Å². The number of aromatic nitrogens is 3. The molecule has 0 aliphatic heterocycles. The number of pyridine rings is 1. The van der Waals surface area contributed by atoms with E-state index < -0.39 is 29.4 Å². The van der Waals surface area contributed by atoms with Crippen LogP contribution in [0.4, 0.5) is 0 Å².